The minimum absolute atomic E-state index is 0.0254. The fourth-order valence-corrected chi connectivity index (χ4v) is 3.80. The summed E-state index contributed by atoms with van der Waals surface area (Å²) in [5, 5.41) is 0. The first-order valence-corrected chi connectivity index (χ1v) is 9.63. The van der Waals surface area contributed by atoms with Crippen molar-refractivity contribution in [1.29, 1.82) is 0 Å². The van der Waals surface area contributed by atoms with Crippen molar-refractivity contribution in [1.82, 2.24) is 4.98 Å². The highest BCUT2D eigenvalue weighted by atomic mass is 16.5. The summed E-state index contributed by atoms with van der Waals surface area (Å²) in [5.74, 6) is 1.02. The summed E-state index contributed by atoms with van der Waals surface area (Å²) < 4.78 is 16.1. The van der Waals surface area contributed by atoms with Crippen LogP contribution in [0.5, 0.6) is 11.5 Å². The summed E-state index contributed by atoms with van der Waals surface area (Å²) in [6.07, 6.45) is 2.76. The molecule has 0 fully saturated rings. The molecule has 150 valence electrons. The molecule has 1 aromatic carbocycles. The van der Waals surface area contributed by atoms with Gasteiger partial charge in [-0.1, -0.05) is 13.3 Å². The molecule has 1 N–H and O–H groups in total. The summed E-state index contributed by atoms with van der Waals surface area (Å²) in [6.45, 7) is 4.23. The Hall–Kier alpha value is -2.76. The molecule has 28 heavy (non-hydrogen) atoms. The van der Waals surface area contributed by atoms with Crippen LogP contribution in [0.3, 0.4) is 0 Å². The number of nitrogens with one attached hydrogen (secondary N) is 1. The molecule has 0 bridgehead atoms. The van der Waals surface area contributed by atoms with Gasteiger partial charge in [-0.15, -0.1) is 0 Å². The van der Waals surface area contributed by atoms with E-state index in [0.717, 1.165) is 35.6 Å². The Morgan fingerprint density at radius 2 is 2.00 bits per heavy atom. The smallest absolute Gasteiger partial charge is 0.355 e. The van der Waals surface area contributed by atoms with E-state index in [9.17, 15) is 9.59 Å². The Morgan fingerprint density at radius 3 is 2.68 bits per heavy atom. The zero-order valence-corrected chi connectivity index (χ0v) is 16.9. The first kappa shape index (κ1) is 20.0. The van der Waals surface area contributed by atoms with E-state index < -0.39 is 5.97 Å². The van der Waals surface area contributed by atoms with E-state index in [1.807, 2.05) is 25.1 Å². The van der Waals surface area contributed by atoms with Crippen LogP contribution in [-0.2, 0) is 11.2 Å². The SMILES string of the molecule is CCCCOC(=O)c1[nH]c2c(c1C)C(=O)CC(c1cc(OC)ccc1OC)C2. The van der Waals surface area contributed by atoms with Gasteiger partial charge >= 0.3 is 5.97 Å². The van der Waals surface area contributed by atoms with E-state index in [2.05, 4.69) is 4.98 Å². The second-order valence-corrected chi connectivity index (χ2v) is 7.10. The van der Waals surface area contributed by atoms with Gasteiger partial charge in [0.15, 0.2) is 5.78 Å². The maximum absolute atomic E-state index is 12.9. The lowest BCUT2D eigenvalue weighted by Crippen LogP contribution is -2.19. The Kier molecular flexibility index (Phi) is 6.07. The van der Waals surface area contributed by atoms with Crippen LogP contribution in [0, 0.1) is 6.92 Å². The van der Waals surface area contributed by atoms with Crippen LogP contribution in [0.2, 0.25) is 0 Å². The van der Waals surface area contributed by atoms with Crippen LogP contribution in [0.4, 0.5) is 0 Å². The molecule has 0 saturated heterocycles. The molecule has 0 aliphatic heterocycles. The summed E-state index contributed by atoms with van der Waals surface area (Å²) in [4.78, 5) is 28.5. The fourth-order valence-electron chi connectivity index (χ4n) is 3.80. The van der Waals surface area contributed by atoms with E-state index in [4.69, 9.17) is 14.2 Å². The predicted molar refractivity (Wildman–Crippen MR) is 106 cm³/mol. The van der Waals surface area contributed by atoms with Crippen LogP contribution in [0.25, 0.3) is 0 Å². The molecule has 6 nitrogen and oxygen atoms in total. The van der Waals surface area contributed by atoms with Crippen molar-refractivity contribution in [2.75, 3.05) is 20.8 Å². The number of Topliss-reactive ketones (excluding diaryl/α,β-unsaturated/α-hetero) is 1. The van der Waals surface area contributed by atoms with Gasteiger partial charge in [0.1, 0.15) is 17.2 Å². The van der Waals surface area contributed by atoms with Gasteiger partial charge < -0.3 is 19.2 Å². The minimum Gasteiger partial charge on any atom is -0.497 e. The molecular weight excluding hydrogens is 358 g/mol. The molecule has 1 aliphatic rings. The van der Waals surface area contributed by atoms with E-state index >= 15 is 0 Å². The molecule has 3 rings (SSSR count). The molecule has 6 heteroatoms. The predicted octanol–water partition coefficient (Wildman–Crippen LogP) is 4.21. The highest BCUT2D eigenvalue weighted by molar-refractivity contribution is 6.03. The van der Waals surface area contributed by atoms with E-state index in [-0.39, 0.29) is 11.7 Å². The average molecular weight is 385 g/mol. The number of aromatic amines is 1. The number of ether oxygens (including phenoxy) is 3. The highest BCUT2D eigenvalue weighted by Gasteiger charge is 2.33. The molecule has 0 spiro atoms. The van der Waals surface area contributed by atoms with Crippen molar-refractivity contribution in [2.24, 2.45) is 0 Å². The van der Waals surface area contributed by atoms with Crippen molar-refractivity contribution < 1.29 is 23.8 Å². The Balaban J connectivity index is 1.90. The van der Waals surface area contributed by atoms with Crippen molar-refractivity contribution in [3.05, 3.63) is 46.3 Å². The topological polar surface area (TPSA) is 77.6 Å². The summed E-state index contributed by atoms with van der Waals surface area (Å²) >= 11 is 0. The number of rotatable bonds is 7. The third-order valence-corrected chi connectivity index (χ3v) is 5.30. The lowest BCUT2D eigenvalue weighted by Gasteiger charge is -2.24. The van der Waals surface area contributed by atoms with Gasteiger partial charge in [-0.2, -0.15) is 0 Å². The summed E-state index contributed by atoms with van der Waals surface area (Å²) in [6, 6.07) is 5.60. The second-order valence-electron chi connectivity index (χ2n) is 7.10. The molecule has 1 aliphatic carbocycles. The molecule has 0 radical (unpaired) electrons. The third kappa shape index (κ3) is 3.77. The average Bonchev–Trinajstić information content (AvgIpc) is 3.04. The van der Waals surface area contributed by atoms with Crippen LogP contribution in [0.15, 0.2) is 18.2 Å². The number of esters is 1. The molecular formula is C22H27NO5. The summed E-state index contributed by atoms with van der Waals surface area (Å²) in [7, 11) is 3.23. The van der Waals surface area contributed by atoms with Gasteiger partial charge in [0.2, 0.25) is 0 Å². The second kappa shape index (κ2) is 8.50. The van der Waals surface area contributed by atoms with E-state index in [1.165, 1.54) is 0 Å². The number of benzene rings is 1. The highest BCUT2D eigenvalue weighted by Crippen LogP contribution is 2.40. The van der Waals surface area contributed by atoms with Crippen molar-refractivity contribution in [3.63, 3.8) is 0 Å². The number of ketones is 1. The van der Waals surface area contributed by atoms with Gasteiger partial charge in [-0.05, 0) is 43.5 Å². The van der Waals surface area contributed by atoms with Gasteiger partial charge in [-0.3, -0.25) is 4.79 Å². The molecule has 1 unspecified atom stereocenters. The van der Waals surface area contributed by atoms with E-state index in [0.29, 0.717) is 36.3 Å². The quantitative estimate of drug-likeness (QED) is 0.571. The zero-order chi connectivity index (χ0) is 20.3. The maximum atomic E-state index is 12.9. The number of H-pyrrole nitrogens is 1. The van der Waals surface area contributed by atoms with Gasteiger partial charge in [0.25, 0.3) is 0 Å². The Bertz CT molecular complexity index is 883. The lowest BCUT2D eigenvalue weighted by molar-refractivity contribution is 0.0492. The number of carbonyl (C=O) groups is 2. The molecule has 1 atom stereocenters. The Labute approximate surface area is 165 Å². The number of hydrogen-bond acceptors (Lipinski definition) is 5. The van der Waals surface area contributed by atoms with Gasteiger partial charge in [-0.25, -0.2) is 4.79 Å². The van der Waals surface area contributed by atoms with Crippen LogP contribution in [-0.4, -0.2) is 37.6 Å². The molecule has 1 heterocycles. The number of methoxy groups -OCH3 is 2. The number of fused-ring (bicyclic) bond motifs is 1. The number of carbonyl (C=O) groups excluding carboxylic acids is 2. The minimum atomic E-state index is -0.399. The molecule has 0 saturated carbocycles. The molecule has 0 amide bonds. The molecule has 1 aromatic heterocycles. The van der Waals surface area contributed by atoms with Gasteiger partial charge in [0, 0.05) is 29.2 Å². The van der Waals surface area contributed by atoms with Crippen LogP contribution >= 0.6 is 0 Å². The maximum Gasteiger partial charge on any atom is 0.355 e. The third-order valence-electron chi connectivity index (χ3n) is 5.30. The van der Waals surface area contributed by atoms with Gasteiger partial charge in [0.05, 0.1) is 20.8 Å². The Morgan fingerprint density at radius 1 is 1.21 bits per heavy atom. The number of unbranched alkanes of at least 4 members (excludes halogenated alkanes) is 1. The number of hydrogen-bond donors (Lipinski definition) is 1. The van der Waals surface area contributed by atoms with E-state index in [1.54, 1.807) is 21.1 Å². The summed E-state index contributed by atoms with van der Waals surface area (Å²) in [5.41, 5.74) is 3.40. The first-order chi connectivity index (χ1) is 13.5. The number of aromatic nitrogens is 1. The van der Waals surface area contributed by atoms with Crippen molar-refractivity contribution in [3.8, 4) is 11.5 Å². The zero-order valence-electron chi connectivity index (χ0n) is 16.9. The normalized spacial score (nSPS) is 15.9. The van der Waals surface area contributed by atoms with Crippen LogP contribution in [0.1, 0.15) is 69.8 Å². The first-order valence-electron chi connectivity index (χ1n) is 9.63. The fraction of sp³-hybridized carbons (Fsp3) is 0.455. The molecule has 2 aromatic rings. The van der Waals surface area contributed by atoms with Crippen molar-refractivity contribution in [2.45, 2.75) is 45.4 Å². The lowest BCUT2D eigenvalue weighted by atomic mass is 9.81. The largest absolute Gasteiger partial charge is 0.497 e. The van der Waals surface area contributed by atoms with Crippen LogP contribution < -0.4 is 9.47 Å². The monoisotopic (exact) mass is 385 g/mol. The van der Waals surface area contributed by atoms with Crippen molar-refractivity contribution >= 4 is 11.8 Å². The standard InChI is InChI=1S/C22H27NO5/c1-5-6-9-28-22(25)21-13(2)20-17(23-21)10-14(11-18(20)24)16-12-15(26-3)7-8-19(16)27-4/h7-8,12,14,23H,5-6,9-11H2,1-4H3.